The van der Waals surface area contributed by atoms with Crippen molar-refractivity contribution in [3.8, 4) is 5.75 Å². The number of hydrogen-bond donors (Lipinski definition) is 2. The molecule has 0 aliphatic heterocycles. The summed E-state index contributed by atoms with van der Waals surface area (Å²) in [7, 11) is 3.17. The molecule has 0 saturated carbocycles. The molecule has 0 aliphatic carbocycles. The maximum absolute atomic E-state index is 13.9. The van der Waals surface area contributed by atoms with E-state index in [9.17, 15) is 23.6 Å². The average Bonchev–Trinajstić information content (AvgIpc) is 2.98. The third-order valence-corrected chi connectivity index (χ3v) is 6.39. The average molecular weight is 557 g/mol. The summed E-state index contributed by atoms with van der Waals surface area (Å²) in [4.78, 5) is 53.0. The minimum Gasteiger partial charge on any atom is -0.497 e. The maximum atomic E-state index is 13.9. The number of methoxy groups -OCH3 is 1. The molecular weight excluding hydrogens is 527 g/mol. The molecule has 0 aliphatic rings. The van der Waals surface area contributed by atoms with E-state index >= 15 is 0 Å². The maximum Gasteiger partial charge on any atom is 0.258 e. The summed E-state index contributed by atoms with van der Waals surface area (Å²) in [5, 5.41) is 5.24. The number of benzene rings is 3. The monoisotopic (exact) mass is 556 g/mol. The summed E-state index contributed by atoms with van der Waals surface area (Å²) in [6, 6.07) is 23.4. The van der Waals surface area contributed by atoms with Gasteiger partial charge in [0.1, 0.15) is 24.2 Å². The lowest BCUT2D eigenvalue weighted by molar-refractivity contribution is -0.127. The molecule has 1 atom stereocenters. The standard InChI is InChI=1S/C31H29FN4O5/c1-35(23-12-14-24(41-2)15-13-23)31(40)27(18-21-8-4-3-5-9-21)34-28(37)20-36-17-16-22(19-29(36)38)33-30(39)25-10-6-7-11-26(25)32/h3-17,19,27H,18,20H2,1-2H3,(H,33,39)(H,34,37). The van der Waals surface area contributed by atoms with E-state index in [-0.39, 0.29) is 30.1 Å². The summed E-state index contributed by atoms with van der Waals surface area (Å²) >= 11 is 0. The fraction of sp³-hybridized carbons (Fsp3) is 0.161. The number of nitrogens with zero attached hydrogens (tertiary/aromatic N) is 2. The number of carbonyl (C=O) groups excluding carboxylic acids is 3. The van der Waals surface area contributed by atoms with Gasteiger partial charge < -0.3 is 24.8 Å². The number of anilines is 2. The van der Waals surface area contributed by atoms with Crippen molar-refractivity contribution in [3.63, 3.8) is 0 Å². The molecule has 1 aromatic heterocycles. The first-order chi connectivity index (χ1) is 19.7. The third-order valence-electron chi connectivity index (χ3n) is 6.39. The SMILES string of the molecule is COc1ccc(N(C)C(=O)C(Cc2ccccc2)NC(=O)Cn2ccc(NC(=O)c3ccccc3F)cc2=O)cc1. The zero-order valence-corrected chi connectivity index (χ0v) is 22.5. The van der Waals surface area contributed by atoms with Crippen molar-refractivity contribution in [3.05, 3.63) is 124 Å². The number of amides is 3. The fourth-order valence-electron chi connectivity index (χ4n) is 4.17. The van der Waals surface area contributed by atoms with Crippen LogP contribution in [0.2, 0.25) is 0 Å². The van der Waals surface area contributed by atoms with Gasteiger partial charge in [0.15, 0.2) is 0 Å². The predicted octanol–water partition coefficient (Wildman–Crippen LogP) is 3.64. The van der Waals surface area contributed by atoms with Crippen LogP contribution in [-0.2, 0) is 22.6 Å². The minimum absolute atomic E-state index is 0.151. The Hall–Kier alpha value is -5.25. The lowest BCUT2D eigenvalue weighted by Crippen LogP contribution is -2.50. The highest BCUT2D eigenvalue weighted by Crippen LogP contribution is 2.19. The van der Waals surface area contributed by atoms with Crippen LogP contribution in [0.5, 0.6) is 5.75 Å². The van der Waals surface area contributed by atoms with Crippen LogP contribution in [0.25, 0.3) is 0 Å². The quantitative estimate of drug-likeness (QED) is 0.310. The number of carbonyl (C=O) groups is 3. The Bertz CT molecular complexity index is 1590. The van der Waals surface area contributed by atoms with Gasteiger partial charge in [0, 0.05) is 37.1 Å². The number of pyridine rings is 1. The first-order valence-corrected chi connectivity index (χ1v) is 12.8. The largest absolute Gasteiger partial charge is 0.497 e. The molecule has 41 heavy (non-hydrogen) atoms. The van der Waals surface area contributed by atoms with Gasteiger partial charge in [0.05, 0.1) is 12.7 Å². The molecule has 3 aromatic carbocycles. The van der Waals surface area contributed by atoms with Crippen molar-refractivity contribution in [2.24, 2.45) is 0 Å². The van der Waals surface area contributed by atoms with Crippen LogP contribution in [0.1, 0.15) is 15.9 Å². The van der Waals surface area contributed by atoms with Crippen LogP contribution < -0.4 is 25.8 Å². The number of nitrogens with one attached hydrogen (secondary N) is 2. The third kappa shape index (κ3) is 7.45. The van der Waals surface area contributed by atoms with Gasteiger partial charge in [0.25, 0.3) is 11.5 Å². The molecular formula is C31H29FN4O5. The van der Waals surface area contributed by atoms with Gasteiger partial charge in [-0.1, -0.05) is 42.5 Å². The predicted molar refractivity (Wildman–Crippen MR) is 154 cm³/mol. The molecule has 3 amide bonds. The lowest BCUT2D eigenvalue weighted by atomic mass is 10.0. The van der Waals surface area contributed by atoms with Crippen molar-refractivity contribution < 1.29 is 23.5 Å². The van der Waals surface area contributed by atoms with Crippen molar-refractivity contribution in [2.75, 3.05) is 24.4 Å². The van der Waals surface area contributed by atoms with Crippen LogP contribution in [-0.4, -0.2) is 42.5 Å². The molecule has 4 aromatic rings. The molecule has 0 radical (unpaired) electrons. The molecule has 1 unspecified atom stereocenters. The van der Waals surface area contributed by atoms with Crippen molar-refractivity contribution in [1.82, 2.24) is 9.88 Å². The molecule has 1 heterocycles. The van der Waals surface area contributed by atoms with Gasteiger partial charge >= 0.3 is 0 Å². The molecule has 0 bridgehead atoms. The molecule has 0 saturated heterocycles. The number of rotatable bonds is 10. The second-order valence-electron chi connectivity index (χ2n) is 9.22. The van der Waals surface area contributed by atoms with Gasteiger partial charge in [-0.05, 0) is 48.0 Å². The molecule has 0 fully saturated rings. The topological polar surface area (TPSA) is 110 Å². The Morgan fingerprint density at radius 2 is 1.63 bits per heavy atom. The second kappa shape index (κ2) is 13.2. The summed E-state index contributed by atoms with van der Waals surface area (Å²) in [6.45, 7) is -0.356. The molecule has 10 heteroatoms. The Kier molecular flexibility index (Phi) is 9.26. The van der Waals surface area contributed by atoms with Crippen LogP contribution in [0.4, 0.5) is 15.8 Å². The Morgan fingerprint density at radius 1 is 0.951 bits per heavy atom. The summed E-state index contributed by atoms with van der Waals surface area (Å²) < 4.78 is 20.2. The highest BCUT2D eigenvalue weighted by molar-refractivity contribution is 6.04. The van der Waals surface area contributed by atoms with E-state index in [2.05, 4.69) is 10.6 Å². The van der Waals surface area contributed by atoms with Gasteiger partial charge in [-0.15, -0.1) is 0 Å². The number of hydrogen-bond acceptors (Lipinski definition) is 5. The van der Waals surface area contributed by atoms with Gasteiger partial charge in [-0.3, -0.25) is 19.2 Å². The van der Waals surface area contributed by atoms with E-state index in [4.69, 9.17) is 4.74 Å². The Balaban J connectivity index is 1.46. The zero-order chi connectivity index (χ0) is 29.4. The van der Waals surface area contributed by atoms with Crippen LogP contribution >= 0.6 is 0 Å². The highest BCUT2D eigenvalue weighted by atomic mass is 19.1. The van der Waals surface area contributed by atoms with Crippen molar-refractivity contribution in [1.29, 1.82) is 0 Å². The summed E-state index contributed by atoms with van der Waals surface area (Å²) in [6.07, 6.45) is 1.58. The smallest absolute Gasteiger partial charge is 0.258 e. The minimum atomic E-state index is -0.910. The number of aromatic nitrogens is 1. The van der Waals surface area contributed by atoms with E-state index in [0.29, 0.717) is 11.4 Å². The summed E-state index contributed by atoms with van der Waals surface area (Å²) in [5.41, 5.74) is 0.893. The van der Waals surface area contributed by atoms with E-state index in [1.807, 2.05) is 30.3 Å². The number of halogens is 1. The number of likely N-dealkylation sites (N-methyl/N-ethyl adjacent to an activating group) is 1. The van der Waals surface area contributed by atoms with Crippen LogP contribution in [0.15, 0.2) is 102 Å². The van der Waals surface area contributed by atoms with Crippen molar-refractivity contribution >= 4 is 29.1 Å². The molecule has 4 rings (SSSR count). The Labute approximate surface area is 236 Å². The Morgan fingerprint density at radius 3 is 2.29 bits per heavy atom. The highest BCUT2D eigenvalue weighted by Gasteiger charge is 2.25. The molecule has 210 valence electrons. The van der Waals surface area contributed by atoms with E-state index in [1.54, 1.807) is 38.4 Å². The van der Waals surface area contributed by atoms with E-state index in [1.165, 1.54) is 35.4 Å². The van der Waals surface area contributed by atoms with Gasteiger partial charge in [-0.2, -0.15) is 0 Å². The summed E-state index contributed by atoms with van der Waals surface area (Å²) in [5.74, 6) is -1.64. The van der Waals surface area contributed by atoms with Crippen molar-refractivity contribution in [2.45, 2.75) is 19.0 Å². The second-order valence-corrected chi connectivity index (χ2v) is 9.22. The normalized spacial score (nSPS) is 11.3. The van der Waals surface area contributed by atoms with Gasteiger partial charge in [0.2, 0.25) is 11.8 Å². The zero-order valence-electron chi connectivity index (χ0n) is 22.5. The van der Waals surface area contributed by atoms with Crippen LogP contribution in [0.3, 0.4) is 0 Å². The first-order valence-electron chi connectivity index (χ1n) is 12.8. The lowest BCUT2D eigenvalue weighted by Gasteiger charge is -2.25. The fourth-order valence-corrected chi connectivity index (χ4v) is 4.17. The van der Waals surface area contributed by atoms with Crippen LogP contribution in [0, 0.1) is 5.82 Å². The van der Waals surface area contributed by atoms with E-state index < -0.39 is 29.2 Å². The number of ether oxygens (including phenoxy) is 1. The molecule has 9 nitrogen and oxygen atoms in total. The van der Waals surface area contributed by atoms with Gasteiger partial charge in [-0.25, -0.2) is 4.39 Å². The molecule has 2 N–H and O–H groups in total. The molecule has 0 spiro atoms. The first kappa shape index (κ1) is 28.8. The van der Waals surface area contributed by atoms with E-state index in [0.717, 1.165) is 22.3 Å².